The third-order valence-corrected chi connectivity index (χ3v) is 16.7. The summed E-state index contributed by atoms with van der Waals surface area (Å²) in [5.41, 5.74) is 3.23. The largest absolute Gasteiger partial charge is 0.474 e. The number of benzene rings is 2. The lowest BCUT2D eigenvalue weighted by Gasteiger charge is -2.58. The number of hydrogen-bond donors (Lipinski definition) is 4. The zero-order valence-electron chi connectivity index (χ0n) is 39.1. The number of hydrogen-bond acceptors (Lipinski definition) is 14. The Morgan fingerprint density at radius 3 is 2.54 bits per heavy atom. The number of nitrogens with zero attached hydrogens (tertiary/aromatic N) is 6. The molecule has 3 aromatic heterocycles. The number of amides is 1. The Labute approximate surface area is 396 Å². The minimum Gasteiger partial charge on any atom is -0.474 e. The van der Waals surface area contributed by atoms with Crippen LogP contribution in [0.5, 0.6) is 17.4 Å². The molecule has 0 radical (unpaired) electrons. The molecule has 2 saturated carbocycles. The molecular formula is C50H61N9O8S. The zero-order chi connectivity index (χ0) is 47.5. The van der Waals surface area contributed by atoms with Crippen molar-refractivity contribution < 1.29 is 32.7 Å². The second-order valence-electron chi connectivity index (χ2n) is 20.5. The van der Waals surface area contributed by atoms with Gasteiger partial charge in [0.15, 0.2) is 10.7 Å². The summed E-state index contributed by atoms with van der Waals surface area (Å²) in [6, 6.07) is 19.1. The van der Waals surface area contributed by atoms with Crippen LogP contribution in [0.4, 0.5) is 17.1 Å². The number of piperazine rings is 1. The first-order chi connectivity index (χ1) is 32.5. The van der Waals surface area contributed by atoms with Gasteiger partial charge in [-0.15, -0.1) is 0 Å². The Morgan fingerprint density at radius 2 is 1.79 bits per heavy atom. The summed E-state index contributed by atoms with van der Waals surface area (Å²) in [6.07, 6.45) is 10.2. The van der Waals surface area contributed by atoms with Crippen LogP contribution in [0.3, 0.4) is 0 Å². The Hall–Kier alpha value is -5.82. The quantitative estimate of drug-likeness (QED) is 0.0738. The van der Waals surface area contributed by atoms with Gasteiger partial charge in [-0.3, -0.25) is 19.8 Å². The Bertz CT molecular complexity index is 2830. The van der Waals surface area contributed by atoms with E-state index in [2.05, 4.69) is 84.9 Å². The third-order valence-electron chi connectivity index (χ3n) is 15.5. The maximum absolute atomic E-state index is 14.1. The molecule has 68 heavy (non-hydrogen) atoms. The molecule has 5 aromatic rings. The minimum atomic E-state index is -4.78. The van der Waals surface area contributed by atoms with Crippen molar-refractivity contribution in [3.8, 4) is 17.4 Å². The minimum absolute atomic E-state index is 0.0270. The average molecular weight is 948 g/mol. The molecule has 2 aromatic carbocycles. The van der Waals surface area contributed by atoms with Crippen molar-refractivity contribution in [2.75, 3.05) is 56.6 Å². The summed E-state index contributed by atoms with van der Waals surface area (Å²) >= 11 is 0. The number of fused-ring (bicyclic) bond motifs is 2. The number of anilines is 2. The van der Waals surface area contributed by atoms with Gasteiger partial charge in [0.2, 0.25) is 5.88 Å². The molecular weight excluding hydrogens is 887 g/mol. The predicted molar refractivity (Wildman–Crippen MR) is 258 cm³/mol. The Kier molecular flexibility index (Phi) is 12.1. The van der Waals surface area contributed by atoms with E-state index in [-0.39, 0.29) is 46.9 Å². The molecule has 17 nitrogen and oxygen atoms in total. The number of nitrogens with one attached hydrogen (secondary N) is 3. The van der Waals surface area contributed by atoms with Gasteiger partial charge in [-0.1, -0.05) is 38.1 Å². The molecule has 0 unspecified atom stereocenters. The SMILES string of the molecule is CC(C)c1ccccc1[C@H]1CN(C)CCN1C1CC2(CCN(c3ccc(C(=O)NS(=O)(=O)c4cc([N+](=O)[O-])c5c(n4)OC[C@H](C4CCC(C)(O)CC4)N5)c(Oc4cnc5[nH]ccc5c4)c3)CC2)C1. The van der Waals surface area contributed by atoms with E-state index in [0.29, 0.717) is 55.1 Å². The van der Waals surface area contributed by atoms with E-state index in [1.165, 1.54) is 30.2 Å². The summed E-state index contributed by atoms with van der Waals surface area (Å²) in [7, 11) is -2.55. The van der Waals surface area contributed by atoms with Crippen LogP contribution in [0, 0.1) is 21.4 Å². The number of carbonyl (C=O) groups excluding carboxylic acids is 1. The fraction of sp³-hybridized carbons (Fsp3) is 0.500. The van der Waals surface area contributed by atoms with E-state index in [4.69, 9.17) is 9.47 Å². The predicted octanol–water partition coefficient (Wildman–Crippen LogP) is 7.75. The second-order valence-corrected chi connectivity index (χ2v) is 22.1. The summed E-state index contributed by atoms with van der Waals surface area (Å²) < 4.78 is 42.2. The lowest BCUT2D eigenvalue weighted by Crippen LogP contribution is -2.59. The molecule has 2 atom stereocenters. The first kappa shape index (κ1) is 45.9. The van der Waals surface area contributed by atoms with E-state index >= 15 is 0 Å². The smallest absolute Gasteiger partial charge is 0.300 e. The number of H-pyrrole nitrogens is 1. The van der Waals surface area contributed by atoms with E-state index in [1.807, 2.05) is 6.07 Å². The highest BCUT2D eigenvalue weighted by molar-refractivity contribution is 7.90. The molecule has 360 valence electrons. The number of likely N-dealkylation sites (N-methyl/N-ethyl adjacent to an activating group) is 1. The molecule has 2 aliphatic carbocycles. The molecule has 0 bridgehead atoms. The number of rotatable bonds is 11. The monoisotopic (exact) mass is 947 g/mol. The van der Waals surface area contributed by atoms with Crippen molar-refractivity contribution in [2.45, 2.75) is 107 Å². The Balaban J connectivity index is 0.857. The van der Waals surface area contributed by atoms with Gasteiger partial charge in [0.25, 0.3) is 15.9 Å². The molecule has 6 heterocycles. The summed E-state index contributed by atoms with van der Waals surface area (Å²) in [4.78, 5) is 45.0. The molecule has 5 aliphatic rings. The molecule has 10 rings (SSSR count). The van der Waals surface area contributed by atoms with E-state index in [1.54, 1.807) is 37.4 Å². The molecule has 1 spiro atoms. The first-order valence-electron chi connectivity index (χ1n) is 24.0. The average Bonchev–Trinajstić information content (AvgIpc) is 3.78. The van der Waals surface area contributed by atoms with Crippen molar-refractivity contribution in [2.24, 2.45) is 11.3 Å². The van der Waals surface area contributed by atoms with Gasteiger partial charge >= 0.3 is 5.69 Å². The molecule has 3 aliphatic heterocycles. The van der Waals surface area contributed by atoms with Gasteiger partial charge < -0.3 is 34.7 Å². The Morgan fingerprint density at radius 1 is 1.03 bits per heavy atom. The normalized spacial score (nSPS) is 24.5. The van der Waals surface area contributed by atoms with Crippen LogP contribution >= 0.6 is 0 Å². The van der Waals surface area contributed by atoms with Crippen LogP contribution in [0.1, 0.15) is 106 Å². The van der Waals surface area contributed by atoms with Crippen LogP contribution in [0.2, 0.25) is 0 Å². The number of piperidine rings is 1. The van der Waals surface area contributed by atoms with Crippen LogP contribution in [0.15, 0.2) is 78.1 Å². The van der Waals surface area contributed by atoms with Crippen LogP contribution < -0.4 is 24.4 Å². The summed E-state index contributed by atoms with van der Waals surface area (Å²) in [6.45, 7) is 11.2. The molecule has 18 heteroatoms. The number of carbonyl (C=O) groups is 1. The van der Waals surface area contributed by atoms with Crippen molar-refractivity contribution in [3.05, 3.63) is 99.9 Å². The summed E-state index contributed by atoms with van der Waals surface area (Å²) in [5, 5.41) is 26.0. The number of aromatic nitrogens is 3. The van der Waals surface area contributed by atoms with Gasteiger partial charge in [-0.2, -0.15) is 13.4 Å². The van der Waals surface area contributed by atoms with Crippen molar-refractivity contribution in [1.29, 1.82) is 0 Å². The van der Waals surface area contributed by atoms with E-state index in [9.17, 15) is 28.4 Å². The number of aromatic amines is 1. The topological polar surface area (TPSA) is 208 Å². The molecule has 4 N–H and O–H groups in total. The van der Waals surface area contributed by atoms with Gasteiger partial charge in [0.1, 0.15) is 23.8 Å². The third kappa shape index (κ3) is 9.10. The fourth-order valence-electron chi connectivity index (χ4n) is 11.4. The molecule has 4 fully saturated rings. The van der Waals surface area contributed by atoms with Gasteiger partial charge in [-0.25, -0.2) is 9.71 Å². The van der Waals surface area contributed by atoms with Crippen molar-refractivity contribution in [3.63, 3.8) is 0 Å². The van der Waals surface area contributed by atoms with Crippen LogP contribution in [-0.4, -0.2) is 113 Å². The van der Waals surface area contributed by atoms with Gasteiger partial charge in [0, 0.05) is 68.1 Å². The van der Waals surface area contributed by atoms with E-state index in [0.717, 1.165) is 62.7 Å². The number of aliphatic hydroxyl groups is 1. The number of sulfonamides is 1. The number of nitro groups is 1. The fourth-order valence-corrected chi connectivity index (χ4v) is 12.4. The maximum atomic E-state index is 14.1. The highest BCUT2D eigenvalue weighted by Gasteiger charge is 2.50. The lowest BCUT2D eigenvalue weighted by molar-refractivity contribution is -0.384. The number of ether oxygens (including phenoxy) is 2. The highest BCUT2D eigenvalue weighted by atomic mass is 32.2. The molecule has 1 amide bonds. The van der Waals surface area contributed by atoms with Gasteiger partial charge in [-0.05, 0) is 118 Å². The van der Waals surface area contributed by atoms with Crippen LogP contribution in [0.25, 0.3) is 11.0 Å². The lowest BCUT2D eigenvalue weighted by atomic mass is 9.59. The number of pyridine rings is 2. The standard InChI is InChI=1S/C50H61N9O8S/c1-31(2)37-7-5-6-8-38(37)42-29-56(4)21-22-58(42)35-26-50(27-35)16-19-57(20-17-50)34-9-10-39(43(24-34)67-36-23-33-13-18-51-46(33)52-28-36)47(60)55-68(64,65)44-25-41(59(62)63)45-48(54-44)66-30-40(53-45)32-11-14-49(3,61)15-12-32/h5-10,13,18,23-25,28,31-32,35,40,42,53,61H,11-12,14-17,19-22,26-27,29-30H2,1-4H3,(H,51,52)(H,55,60)/t32?,40-,42-,49?/m1/s1. The van der Waals surface area contributed by atoms with Crippen molar-refractivity contribution >= 4 is 44.0 Å². The first-order valence-corrected chi connectivity index (χ1v) is 25.4. The van der Waals surface area contributed by atoms with E-state index < -0.39 is 37.2 Å². The second kappa shape index (κ2) is 17.9. The zero-order valence-corrected chi connectivity index (χ0v) is 39.9. The van der Waals surface area contributed by atoms with Crippen molar-refractivity contribution in [1.82, 2.24) is 29.5 Å². The maximum Gasteiger partial charge on any atom is 0.300 e. The molecule has 2 saturated heterocycles. The van der Waals surface area contributed by atoms with Gasteiger partial charge in [0.05, 0.1) is 34.4 Å². The van der Waals surface area contributed by atoms with Crippen LogP contribution in [-0.2, 0) is 10.0 Å². The summed E-state index contributed by atoms with van der Waals surface area (Å²) in [5.74, 6) is -0.257. The highest BCUT2D eigenvalue weighted by Crippen LogP contribution is 2.53.